The Balaban J connectivity index is 1.76. The molecular weight excluding hydrogens is 326 g/mol. The molecule has 0 spiro atoms. The lowest BCUT2D eigenvalue weighted by atomic mass is 9.75. The van der Waals surface area contributed by atoms with Crippen LogP contribution in [-0.2, 0) is 15.6 Å². The van der Waals surface area contributed by atoms with E-state index in [0.717, 1.165) is 36.0 Å². The molecule has 1 aliphatic carbocycles. The lowest BCUT2D eigenvalue weighted by molar-refractivity contribution is -0.0387. The van der Waals surface area contributed by atoms with Crippen LogP contribution in [0.4, 0.5) is 0 Å². The summed E-state index contributed by atoms with van der Waals surface area (Å²) in [7, 11) is -3.81. The second-order valence-corrected chi connectivity index (χ2v) is 7.81. The topological polar surface area (TPSA) is 109 Å². The van der Waals surface area contributed by atoms with Crippen LogP contribution < -0.4 is 5.14 Å². The summed E-state index contributed by atoms with van der Waals surface area (Å²) in [5.74, 6) is 0. The second kappa shape index (κ2) is 5.14. The minimum Gasteiger partial charge on any atom is -0.385 e. The highest BCUT2D eigenvalue weighted by molar-refractivity contribution is 7.89. The van der Waals surface area contributed by atoms with Crippen LogP contribution in [0.3, 0.4) is 0 Å². The fourth-order valence-corrected chi connectivity index (χ4v) is 3.83. The number of sulfonamides is 1. The summed E-state index contributed by atoms with van der Waals surface area (Å²) in [5.41, 5.74) is 2.39. The number of H-pyrrole nitrogens is 1. The number of pyridine rings is 1. The summed E-state index contributed by atoms with van der Waals surface area (Å²) in [6.45, 7) is 0. The summed E-state index contributed by atoms with van der Waals surface area (Å²) < 4.78 is 23.3. The molecule has 1 fully saturated rings. The van der Waals surface area contributed by atoms with Gasteiger partial charge in [0, 0.05) is 23.3 Å². The van der Waals surface area contributed by atoms with Gasteiger partial charge in [0.05, 0.1) is 5.60 Å². The first-order valence-corrected chi connectivity index (χ1v) is 9.25. The van der Waals surface area contributed by atoms with Gasteiger partial charge in [0.15, 0.2) is 0 Å². The normalized spacial score (nSPS) is 16.9. The Morgan fingerprint density at radius 2 is 1.88 bits per heavy atom. The molecule has 0 saturated heterocycles. The average Bonchev–Trinajstić information content (AvgIpc) is 2.96. The number of aromatic nitrogens is 2. The minimum atomic E-state index is -3.81. The van der Waals surface area contributed by atoms with Gasteiger partial charge < -0.3 is 10.1 Å². The molecule has 24 heavy (non-hydrogen) atoms. The van der Waals surface area contributed by atoms with Crippen molar-refractivity contribution in [1.29, 1.82) is 0 Å². The maximum Gasteiger partial charge on any atom is 0.240 e. The van der Waals surface area contributed by atoms with E-state index in [1.54, 1.807) is 12.3 Å². The highest BCUT2D eigenvalue weighted by atomic mass is 32.2. The van der Waals surface area contributed by atoms with Crippen LogP contribution in [0.2, 0.25) is 0 Å². The number of benzene rings is 1. The lowest BCUT2D eigenvalue weighted by Gasteiger charge is -2.37. The molecule has 2 heterocycles. The van der Waals surface area contributed by atoms with Gasteiger partial charge in [0.1, 0.15) is 10.5 Å². The Morgan fingerprint density at radius 3 is 2.46 bits per heavy atom. The molecule has 1 aliphatic rings. The fraction of sp³-hybridized carbons (Fsp3) is 0.235. The van der Waals surface area contributed by atoms with Crippen LogP contribution in [0.15, 0.2) is 47.6 Å². The Bertz CT molecular complexity index is 1020. The van der Waals surface area contributed by atoms with Crippen molar-refractivity contribution in [2.75, 3.05) is 0 Å². The SMILES string of the molecule is NS(=O)(=O)c1c[nH]c2ncc(-c3ccc(C4(O)CCC4)cc3)cc12. The third-order valence-electron chi connectivity index (χ3n) is 4.74. The molecule has 0 atom stereocenters. The number of rotatable bonds is 3. The smallest absolute Gasteiger partial charge is 0.240 e. The van der Waals surface area contributed by atoms with Crippen molar-refractivity contribution in [3.05, 3.63) is 48.3 Å². The van der Waals surface area contributed by atoms with Crippen LogP contribution in [0.5, 0.6) is 0 Å². The molecule has 0 bridgehead atoms. The number of nitrogens with zero attached hydrogens (tertiary/aromatic N) is 1. The Labute approximate surface area is 139 Å². The van der Waals surface area contributed by atoms with Crippen LogP contribution in [-0.4, -0.2) is 23.5 Å². The van der Waals surface area contributed by atoms with Gasteiger partial charge in [-0.05, 0) is 36.5 Å². The van der Waals surface area contributed by atoms with Gasteiger partial charge in [0.25, 0.3) is 0 Å². The van der Waals surface area contributed by atoms with E-state index >= 15 is 0 Å². The maximum atomic E-state index is 11.7. The van der Waals surface area contributed by atoms with Crippen LogP contribution in [0, 0.1) is 0 Å². The Morgan fingerprint density at radius 1 is 1.17 bits per heavy atom. The molecular formula is C17H17N3O3S. The molecule has 0 unspecified atom stereocenters. The molecule has 0 aliphatic heterocycles. The number of hydrogen-bond donors (Lipinski definition) is 3. The highest BCUT2D eigenvalue weighted by Crippen LogP contribution is 2.41. The van der Waals surface area contributed by atoms with Crippen molar-refractivity contribution in [2.24, 2.45) is 5.14 Å². The van der Waals surface area contributed by atoms with Crippen molar-refractivity contribution < 1.29 is 13.5 Å². The van der Waals surface area contributed by atoms with Crippen molar-refractivity contribution in [1.82, 2.24) is 9.97 Å². The lowest BCUT2D eigenvalue weighted by Crippen LogP contribution is -2.33. The molecule has 4 rings (SSSR count). The third-order valence-corrected chi connectivity index (χ3v) is 5.69. The molecule has 1 aromatic carbocycles. The number of primary sulfonamides is 1. The number of nitrogens with one attached hydrogen (secondary N) is 1. The Kier molecular flexibility index (Phi) is 3.28. The molecule has 0 radical (unpaired) electrons. The predicted molar refractivity (Wildman–Crippen MR) is 90.7 cm³/mol. The average molecular weight is 343 g/mol. The van der Waals surface area contributed by atoms with E-state index in [0.29, 0.717) is 11.0 Å². The van der Waals surface area contributed by atoms with Crippen molar-refractivity contribution >= 4 is 21.1 Å². The van der Waals surface area contributed by atoms with Crippen LogP contribution >= 0.6 is 0 Å². The molecule has 7 heteroatoms. The molecule has 0 amide bonds. The monoisotopic (exact) mass is 343 g/mol. The van der Waals surface area contributed by atoms with Crippen LogP contribution in [0.25, 0.3) is 22.2 Å². The third kappa shape index (κ3) is 2.41. The van der Waals surface area contributed by atoms with Gasteiger partial charge in [-0.25, -0.2) is 18.5 Å². The van der Waals surface area contributed by atoms with E-state index in [4.69, 9.17) is 5.14 Å². The summed E-state index contributed by atoms with van der Waals surface area (Å²) in [6.07, 6.45) is 5.66. The zero-order valence-corrected chi connectivity index (χ0v) is 13.7. The van der Waals surface area contributed by atoms with Crippen molar-refractivity contribution in [3.8, 4) is 11.1 Å². The van der Waals surface area contributed by atoms with E-state index < -0.39 is 15.6 Å². The van der Waals surface area contributed by atoms with Gasteiger partial charge in [-0.2, -0.15) is 0 Å². The van der Waals surface area contributed by atoms with Gasteiger partial charge in [-0.3, -0.25) is 0 Å². The zero-order chi connectivity index (χ0) is 16.9. The number of aliphatic hydroxyl groups is 1. The first-order chi connectivity index (χ1) is 11.4. The minimum absolute atomic E-state index is 0.0345. The molecule has 2 aromatic heterocycles. The highest BCUT2D eigenvalue weighted by Gasteiger charge is 2.35. The largest absolute Gasteiger partial charge is 0.385 e. The van der Waals surface area contributed by atoms with E-state index in [1.165, 1.54) is 6.20 Å². The van der Waals surface area contributed by atoms with E-state index in [-0.39, 0.29) is 4.90 Å². The summed E-state index contributed by atoms with van der Waals surface area (Å²) in [5, 5.41) is 16.1. The van der Waals surface area contributed by atoms with Crippen LogP contribution in [0.1, 0.15) is 24.8 Å². The van der Waals surface area contributed by atoms with Crippen molar-refractivity contribution in [2.45, 2.75) is 29.8 Å². The molecule has 6 nitrogen and oxygen atoms in total. The Hall–Kier alpha value is -2.22. The summed E-state index contributed by atoms with van der Waals surface area (Å²) in [4.78, 5) is 7.11. The second-order valence-electron chi connectivity index (χ2n) is 6.28. The molecule has 4 N–H and O–H groups in total. The fourth-order valence-electron chi connectivity index (χ4n) is 3.15. The summed E-state index contributed by atoms with van der Waals surface area (Å²) in [6, 6.07) is 9.41. The van der Waals surface area contributed by atoms with Gasteiger partial charge in [-0.15, -0.1) is 0 Å². The van der Waals surface area contributed by atoms with E-state index in [2.05, 4.69) is 9.97 Å². The van der Waals surface area contributed by atoms with Crippen molar-refractivity contribution in [3.63, 3.8) is 0 Å². The zero-order valence-electron chi connectivity index (χ0n) is 12.9. The van der Waals surface area contributed by atoms with E-state index in [9.17, 15) is 13.5 Å². The standard InChI is InChI=1S/C17H17N3O3S/c18-24(22,23)15-10-20-16-14(15)8-12(9-19-16)11-2-4-13(5-3-11)17(21)6-1-7-17/h2-5,8-10,21H,1,6-7H2,(H,19,20)(H2,18,22,23). The molecule has 3 aromatic rings. The quantitative estimate of drug-likeness (QED) is 0.677. The number of fused-ring (bicyclic) bond motifs is 1. The maximum absolute atomic E-state index is 11.7. The predicted octanol–water partition coefficient (Wildman–Crippen LogP) is 2.25. The first-order valence-electron chi connectivity index (χ1n) is 7.70. The number of hydrogen-bond acceptors (Lipinski definition) is 4. The number of aromatic amines is 1. The van der Waals surface area contributed by atoms with Gasteiger partial charge in [0.2, 0.25) is 10.0 Å². The number of nitrogens with two attached hydrogens (primary N) is 1. The molecule has 124 valence electrons. The van der Waals surface area contributed by atoms with E-state index in [1.807, 2.05) is 24.3 Å². The van der Waals surface area contributed by atoms with Gasteiger partial charge >= 0.3 is 0 Å². The first kappa shape index (κ1) is 15.3. The summed E-state index contributed by atoms with van der Waals surface area (Å²) >= 11 is 0. The molecule has 1 saturated carbocycles. The van der Waals surface area contributed by atoms with Gasteiger partial charge in [-0.1, -0.05) is 24.3 Å².